The van der Waals surface area contributed by atoms with Crippen molar-refractivity contribution >= 4 is 0 Å². The van der Waals surface area contributed by atoms with Gasteiger partial charge in [0.15, 0.2) is 0 Å². The lowest BCUT2D eigenvalue weighted by Crippen LogP contribution is -2.10. The summed E-state index contributed by atoms with van der Waals surface area (Å²) in [7, 11) is 0. The molecule has 1 rings (SSSR count). The smallest absolute Gasteiger partial charge is 0.0132 e. The van der Waals surface area contributed by atoms with E-state index in [1.807, 2.05) is 13.8 Å². The third kappa shape index (κ3) is 4.51. The molecule has 0 fully saturated rings. The average Bonchev–Trinajstić information content (AvgIpc) is 2.20. The van der Waals surface area contributed by atoms with Gasteiger partial charge in [-0.25, -0.2) is 0 Å². The first kappa shape index (κ1) is 14.2. The summed E-state index contributed by atoms with van der Waals surface area (Å²) in [4.78, 5) is 0. The summed E-state index contributed by atoms with van der Waals surface area (Å²) in [6.07, 6.45) is 0. The predicted molar refractivity (Wildman–Crippen MR) is 70.6 cm³/mol. The van der Waals surface area contributed by atoms with E-state index in [-0.39, 0.29) is 5.41 Å². The Balaban J connectivity index is 0.000000921. The Morgan fingerprint density at radius 3 is 1.53 bits per heavy atom. The summed E-state index contributed by atoms with van der Waals surface area (Å²) in [5.74, 6) is 0.633. The molecule has 0 N–H and O–H groups in total. The zero-order valence-corrected chi connectivity index (χ0v) is 11.4. The van der Waals surface area contributed by atoms with E-state index in [1.54, 1.807) is 0 Å². The molecule has 1 aromatic rings. The molecular weight excluding hydrogens is 180 g/mol. The van der Waals surface area contributed by atoms with Crippen molar-refractivity contribution in [3.05, 3.63) is 35.4 Å². The van der Waals surface area contributed by atoms with Gasteiger partial charge < -0.3 is 0 Å². The van der Waals surface area contributed by atoms with Gasteiger partial charge in [0.05, 0.1) is 0 Å². The third-order valence-corrected chi connectivity index (χ3v) is 2.44. The van der Waals surface area contributed by atoms with E-state index in [0.717, 1.165) is 0 Å². The molecule has 0 spiro atoms. The molecule has 0 aliphatic carbocycles. The van der Waals surface area contributed by atoms with Crippen molar-refractivity contribution < 1.29 is 0 Å². The van der Waals surface area contributed by atoms with Gasteiger partial charge in [0, 0.05) is 0 Å². The van der Waals surface area contributed by atoms with Crippen LogP contribution in [0.1, 0.15) is 65.5 Å². The zero-order chi connectivity index (χ0) is 12.1. The van der Waals surface area contributed by atoms with Crippen molar-refractivity contribution in [1.29, 1.82) is 0 Å². The van der Waals surface area contributed by atoms with E-state index in [0.29, 0.717) is 5.92 Å². The molecule has 0 aromatic heterocycles. The molecule has 0 bridgehead atoms. The normalized spacial score (nSPS) is 10.9. The fourth-order valence-electron chi connectivity index (χ4n) is 1.37. The fraction of sp³-hybridized carbons (Fsp3) is 0.600. The second-order valence-electron chi connectivity index (χ2n) is 5.03. The summed E-state index contributed by atoms with van der Waals surface area (Å²) in [5.41, 5.74) is 3.11. The molecule has 0 radical (unpaired) electrons. The highest BCUT2D eigenvalue weighted by Crippen LogP contribution is 2.24. The van der Waals surface area contributed by atoms with E-state index >= 15 is 0 Å². The molecule has 15 heavy (non-hydrogen) atoms. The van der Waals surface area contributed by atoms with E-state index < -0.39 is 0 Å². The molecular formula is C15H26. The summed E-state index contributed by atoms with van der Waals surface area (Å²) in [5, 5.41) is 0. The topological polar surface area (TPSA) is 0 Å². The minimum Gasteiger partial charge on any atom is -0.0683 e. The van der Waals surface area contributed by atoms with Crippen LogP contribution in [0.2, 0.25) is 0 Å². The Morgan fingerprint density at radius 2 is 1.27 bits per heavy atom. The van der Waals surface area contributed by atoms with Gasteiger partial charge in [0.1, 0.15) is 0 Å². The van der Waals surface area contributed by atoms with Crippen molar-refractivity contribution in [3.8, 4) is 0 Å². The van der Waals surface area contributed by atoms with E-state index in [4.69, 9.17) is 0 Å². The monoisotopic (exact) mass is 206 g/mol. The van der Waals surface area contributed by atoms with Crippen molar-refractivity contribution in [3.63, 3.8) is 0 Å². The van der Waals surface area contributed by atoms with Gasteiger partial charge in [-0.1, -0.05) is 72.7 Å². The van der Waals surface area contributed by atoms with Crippen LogP contribution in [-0.4, -0.2) is 0 Å². The van der Waals surface area contributed by atoms with Gasteiger partial charge in [-0.3, -0.25) is 0 Å². The SMILES string of the molecule is CC.CC(C)c1ccc(C(C)(C)C)cc1. The first-order chi connectivity index (χ1) is 6.91. The van der Waals surface area contributed by atoms with E-state index in [1.165, 1.54) is 11.1 Å². The summed E-state index contributed by atoms with van der Waals surface area (Å²) >= 11 is 0. The van der Waals surface area contributed by atoms with E-state index in [9.17, 15) is 0 Å². The molecule has 0 saturated carbocycles. The minimum atomic E-state index is 0.273. The van der Waals surface area contributed by atoms with Crippen LogP contribution in [0.25, 0.3) is 0 Å². The van der Waals surface area contributed by atoms with Crippen LogP contribution in [0.4, 0.5) is 0 Å². The largest absolute Gasteiger partial charge is 0.0683 e. The highest BCUT2D eigenvalue weighted by Gasteiger charge is 2.12. The van der Waals surface area contributed by atoms with Crippen molar-refractivity contribution in [2.75, 3.05) is 0 Å². The molecule has 1 aromatic carbocycles. The Bertz CT molecular complexity index is 259. The van der Waals surface area contributed by atoms with Gasteiger partial charge in [0.25, 0.3) is 0 Å². The number of hydrogen-bond acceptors (Lipinski definition) is 0. The van der Waals surface area contributed by atoms with Crippen molar-refractivity contribution in [1.82, 2.24) is 0 Å². The maximum absolute atomic E-state index is 2.25. The summed E-state index contributed by atoms with van der Waals surface area (Å²) < 4.78 is 0. The van der Waals surface area contributed by atoms with Gasteiger partial charge in [0.2, 0.25) is 0 Å². The Hall–Kier alpha value is -0.780. The Labute approximate surface area is 95.7 Å². The highest BCUT2D eigenvalue weighted by molar-refractivity contribution is 5.28. The molecule has 0 unspecified atom stereocenters. The van der Waals surface area contributed by atoms with Crippen LogP contribution in [-0.2, 0) is 5.41 Å². The van der Waals surface area contributed by atoms with E-state index in [2.05, 4.69) is 58.9 Å². The maximum Gasteiger partial charge on any atom is -0.0132 e. The van der Waals surface area contributed by atoms with Gasteiger partial charge in [-0.05, 0) is 22.5 Å². The Morgan fingerprint density at radius 1 is 0.867 bits per heavy atom. The minimum absolute atomic E-state index is 0.273. The molecule has 86 valence electrons. The molecule has 0 saturated heterocycles. The lowest BCUT2D eigenvalue weighted by molar-refractivity contribution is 0.589. The quantitative estimate of drug-likeness (QED) is 0.597. The lowest BCUT2D eigenvalue weighted by atomic mass is 9.86. The van der Waals surface area contributed by atoms with Crippen LogP contribution in [0.3, 0.4) is 0 Å². The van der Waals surface area contributed by atoms with Crippen molar-refractivity contribution in [2.45, 2.75) is 59.8 Å². The van der Waals surface area contributed by atoms with Crippen molar-refractivity contribution in [2.24, 2.45) is 0 Å². The van der Waals surface area contributed by atoms with Crippen LogP contribution in [0.5, 0.6) is 0 Å². The van der Waals surface area contributed by atoms with Gasteiger partial charge >= 0.3 is 0 Å². The standard InChI is InChI=1S/C13H20.C2H6/c1-10(2)11-6-8-12(9-7-11)13(3,4)5;1-2/h6-10H,1-5H3;1-2H3. The van der Waals surface area contributed by atoms with Gasteiger partial charge in [-0.15, -0.1) is 0 Å². The maximum atomic E-state index is 2.25. The van der Waals surface area contributed by atoms with Crippen LogP contribution < -0.4 is 0 Å². The molecule has 0 amide bonds. The first-order valence-electron chi connectivity index (χ1n) is 6.01. The molecule has 0 atom stereocenters. The highest BCUT2D eigenvalue weighted by atomic mass is 14.2. The second kappa shape index (κ2) is 5.95. The Kier molecular flexibility index (Phi) is 5.64. The number of benzene rings is 1. The first-order valence-corrected chi connectivity index (χ1v) is 6.01. The van der Waals surface area contributed by atoms with Crippen LogP contribution >= 0.6 is 0 Å². The van der Waals surface area contributed by atoms with Crippen LogP contribution in [0.15, 0.2) is 24.3 Å². The van der Waals surface area contributed by atoms with Gasteiger partial charge in [-0.2, -0.15) is 0 Å². The number of hydrogen-bond donors (Lipinski definition) is 0. The lowest BCUT2D eigenvalue weighted by Gasteiger charge is -2.19. The number of rotatable bonds is 1. The molecule has 0 aliphatic heterocycles. The third-order valence-electron chi connectivity index (χ3n) is 2.44. The molecule has 0 aliphatic rings. The summed E-state index contributed by atoms with van der Waals surface area (Å²) in [6, 6.07) is 8.97. The predicted octanol–water partition coefficient (Wildman–Crippen LogP) is 5.13. The molecule has 0 nitrogen and oxygen atoms in total. The zero-order valence-electron chi connectivity index (χ0n) is 11.4. The summed E-state index contributed by atoms with van der Waals surface area (Å²) in [6.45, 7) is 15.2. The second-order valence-corrected chi connectivity index (χ2v) is 5.03. The fourth-order valence-corrected chi connectivity index (χ4v) is 1.37. The molecule has 0 heterocycles. The average molecular weight is 206 g/mol. The van der Waals surface area contributed by atoms with Crippen LogP contribution in [0, 0.1) is 0 Å². The molecule has 0 heteroatoms.